The molecule has 0 bridgehead atoms. The Labute approximate surface area is 179 Å². The summed E-state index contributed by atoms with van der Waals surface area (Å²) in [5.74, 6) is -0.0269. The lowest BCUT2D eigenvalue weighted by Gasteiger charge is -2.37. The summed E-state index contributed by atoms with van der Waals surface area (Å²) in [6, 6.07) is 12.6. The van der Waals surface area contributed by atoms with E-state index in [0.29, 0.717) is 32.5 Å². The van der Waals surface area contributed by atoms with Gasteiger partial charge in [-0.3, -0.25) is 9.69 Å². The molecular weight excluding hydrogens is 409 g/mol. The number of alkyl halides is 3. The highest BCUT2D eigenvalue weighted by atomic mass is 19.3. The molecule has 8 heteroatoms. The normalized spacial score (nSPS) is 24.7. The van der Waals surface area contributed by atoms with Gasteiger partial charge in [0.05, 0.1) is 6.04 Å². The Morgan fingerprint density at radius 2 is 1.74 bits per heavy atom. The van der Waals surface area contributed by atoms with Crippen LogP contribution in [0, 0.1) is 0 Å². The number of aromatic hydroxyl groups is 1. The van der Waals surface area contributed by atoms with Gasteiger partial charge in [0.15, 0.2) is 0 Å². The van der Waals surface area contributed by atoms with E-state index >= 15 is 0 Å². The third-order valence-electron chi connectivity index (χ3n) is 6.13. The molecule has 3 atom stereocenters. The van der Waals surface area contributed by atoms with Gasteiger partial charge in [0, 0.05) is 25.6 Å². The summed E-state index contributed by atoms with van der Waals surface area (Å²) in [4.78, 5) is 16.6. The first-order chi connectivity index (χ1) is 14.9. The summed E-state index contributed by atoms with van der Waals surface area (Å²) in [7, 11) is 0. The van der Waals surface area contributed by atoms with E-state index in [9.17, 15) is 23.1 Å². The Kier molecular flexibility index (Phi) is 6.36. The van der Waals surface area contributed by atoms with E-state index in [1.54, 1.807) is 41.3 Å². The van der Waals surface area contributed by atoms with Gasteiger partial charge in [-0.05, 0) is 54.8 Å². The maximum atomic E-state index is 14.9. The number of hydrogen-bond donors (Lipinski definition) is 1. The Morgan fingerprint density at radius 1 is 1.03 bits per heavy atom. The Balaban J connectivity index is 1.33. The first-order valence-electron chi connectivity index (χ1n) is 10.4. The lowest BCUT2D eigenvalue weighted by Crippen LogP contribution is -2.49. The third-order valence-corrected chi connectivity index (χ3v) is 6.13. The number of halogens is 3. The summed E-state index contributed by atoms with van der Waals surface area (Å²) in [5.41, 5.74) is 1.69. The zero-order valence-corrected chi connectivity index (χ0v) is 17.0. The van der Waals surface area contributed by atoms with E-state index in [-0.39, 0.29) is 35.9 Å². The van der Waals surface area contributed by atoms with Crippen LogP contribution in [0.1, 0.15) is 29.9 Å². The van der Waals surface area contributed by atoms with E-state index in [2.05, 4.69) is 4.74 Å². The highest BCUT2D eigenvalue weighted by Crippen LogP contribution is 2.33. The molecule has 2 aromatic rings. The van der Waals surface area contributed by atoms with Gasteiger partial charge in [-0.2, -0.15) is 8.78 Å². The molecule has 0 saturated carbocycles. The van der Waals surface area contributed by atoms with Crippen molar-refractivity contribution in [3.8, 4) is 11.5 Å². The van der Waals surface area contributed by atoms with Crippen LogP contribution in [0.15, 0.2) is 48.5 Å². The fraction of sp³-hybridized carbons (Fsp3) is 0.435. The summed E-state index contributed by atoms with van der Waals surface area (Å²) < 4.78 is 43.8. The van der Waals surface area contributed by atoms with Gasteiger partial charge in [-0.1, -0.05) is 24.3 Å². The Morgan fingerprint density at radius 3 is 2.39 bits per heavy atom. The topological polar surface area (TPSA) is 53.0 Å². The SMILES string of the molecule is O=C1C(N2CCC(c3ccc(O)cc3)C(F)C2)CCN1Cc1ccc(OC(F)F)cc1. The number of nitrogens with zero attached hydrogens (tertiary/aromatic N) is 2. The lowest BCUT2D eigenvalue weighted by molar-refractivity contribution is -0.133. The van der Waals surface area contributed by atoms with Crippen LogP contribution in [0.25, 0.3) is 0 Å². The van der Waals surface area contributed by atoms with Gasteiger partial charge in [0.2, 0.25) is 5.91 Å². The molecule has 31 heavy (non-hydrogen) atoms. The largest absolute Gasteiger partial charge is 0.508 e. The number of phenols is 1. The molecule has 1 N–H and O–H groups in total. The Bertz CT molecular complexity index is 892. The average molecular weight is 434 g/mol. The second-order valence-corrected chi connectivity index (χ2v) is 8.08. The molecular formula is C23H25F3N2O3. The monoisotopic (exact) mass is 434 g/mol. The van der Waals surface area contributed by atoms with Gasteiger partial charge in [0.25, 0.3) is 0 Å². The molecule has 2 aromatic carbocycles. The number of benzene rings is 2. The highest BCUT2D eigenvalue weighted by Gasteiger charge is 2.40. The van der Waals surface area contributed by atoms with Crippen molar-refractivity contribution in [3.05, 3.63) is 59.7 Å². The molecule has 0 aliphatic carbocycles. The van der Waals surface area contributed by atoms with Crippen molar-refractivity contribution in [1.29, 1.82) is 0 Å². The predicted octanol–water partition coefficient (Wildman–Crippen LogP) is 3.92. The molecule has 0 spiro atoms. The minimum atomic E-state index is -2.87. The third kappa shape index (κ3) is 4.95. The first-order valence-corrected chi connectivity index (χ1v) is 10.4. The molecule has 2 aliphatic heterocycles. The quantitative estimate of drug-likeness (QED) is 0.749. The number of hydrogen-bond acceptors (Lipinski definition) is 4. The summed E-state index contributed by atoms with van der Waals surface area (Å²) in [5, 5.41) is 9.43. The molecule has 0 aromatic heterocycles. The maximum absolute atomic E-state index is 14.9. The lowest BCUT2D eigenvalue weighted by atomic mass is 9.87. The summed E-state index contributed by atoms with van der Waals surface area (Å²) >= 11 is 0. The first kappa shape index (κ1) is 21.5. The van der Waals surface area contributed by atoms with Crippen molar-refractivity contribution < 1.29 is 27.8 Å². The summed E-state index contributed by atoms with van der Waals surface area (Å²) in [6.07, 6.45) is 0.172. The van der Waals surface area contributed by atoms with Gasteiger partial charge in [0.1, 0.15) is 17.7 Å². The molecule has 4 rings (SSSR count). The van der Waals surface area contributed by atoms with Crippen LogP contribution >= 0.6 is 0 Å². The fourth-order valence-electron chi connectivity index (χ4n) is 4.52. The van der Waals surface area contributed by atoms with E-state index < -0.39 is 12.8 Å². The number of carbonyl (C=O) groups excluding carboxylic acids is 1. The van der Waals surface area contributed by atoms with Crippen LogP contribution in [-0.2, 0) is 11.3 Å². The van der Waals surface area contributed by atoms with E-state index in [4.69, 9.17) is 0 Å². The standard InChI is InChI=1S/C23H25F3N2O3/c24-20-14-27(11-9-19(20)16-3-5-17(29)6-4-16)21-10-12-28(22(21)30)13-15-1-7-18(8-2-15)31-23(25)26/h1-8,19-21,23,29H,9-14H2. The number of piperidine rings is 1. The molecule has 3 unspecified atom stereocenters. The second kappa shape index (κ2) is 9.18. The number of phenolic OH excluding ortho intramolecular Hbond substituents is 1. The molecule has 2 aliphatic rings. The van der Waals surface area contributed by atoms with Gasteiger partial charge >= 0.3 is 6.61 Å². The van der Waals surface area contributed by atoms with Crippen molar-refractivity contribution in [3.63, 3.8) is 0 Å². The number of likely N-dealkylation sites (tertiary alicyclic amines) is 2. The number of ether oxygens (including phenoxy) is 1. The number of rotatable bonds is 6. The van der Waals surface area contributed by atoms with Crippen molar-refractivity contribution in [1.82, 2.24) is 9.80 Å². The molecule has 166 valence electrons. The molecule has 5 nitrogen and oxygen atoms in total. The van der Waals surface area contributed by atoms with Crippen molar-refractivity contribution in [2.75, 3.05) is 19.6 Å². The minimum Gasteiger partial charge on any atom is -0.508 e. The number of carbonyl (C=O) groups is 1. The van der Waals surface area contributed by atoms with Gasteiger partial charge < -0.3 is 14.7 Å². The predicted molar refractivity (Wildman–Crippen MR) is 109 cm³/mol. The molecule has 2 heterocycles. The molecule has 2 saturated heterocycles. The number of amides is 1. The average Bonchev–Trinajstić information content (AvgIpc) is 3.10. The zero-order valence-electron chi connectivity index (χ0n) is 17.0. The smallest absolute Gasteiger partial charge is 0.387 e. The van der Waals surface area contributed by atoms with Crippen LogP contribution in [0.4, 0.5) is 13.2 Å². The van der Waals surface area contributed by atoms with Crippen LogP contribution < -0.4 is 4.74 Å². The van der Waals surface area contributed by atoms with E-state index in [1.165, 1.54) is 12.1 Å². The van der Waals surface area contributed by atoms with Crippen LogP contribution in [0.2, 0.25) is 0 Å². The van der Waals surface area contributed by atoms with Crippen molar-refractivity contribution in [2.24, 2.45) is 0 Å². The van der Waals surface area contributed by atoms with E-state index in [1.807, 2.05) is 4.90 Å². The van der Waals surface area contributed by atoms with Gasteiger partial charge in [-0.25, -0.2) is 4.39 Å². The van der Waals surface area contributed by atoms with Crippen molar-refractivity contribution in [2.45, 2.75) is 44.1 Å². The molecule has 2 fully saturated rings. The van der Waals surface area contributed by atoms with Crippen LogP contribution in [0.5, 0.6) is 11.5 Å². The molecule has 1 amide bonds. The minimum absolute atomic E-state index is 0.0248. The van der Waals surface area contributed by atoms with Crippen molar-refractivity contribution >= 4 is 5.91 Å². The highest BCUT2D eigenvalue weighted by molar-refractivity contribution is 5.84. The maximum Gasteiger partial charge on any atom is 0.387 e. The summed E-state index contributed by atoms with van der Waals surface area (Å²) in [6.45, 7) is -1.07. The van der Waals surface area contributed by atoms with Crippen LogP contribution in [-0.4, -0.2) is 59.3 Å². The fourth-order valence-corrected chi connectivity index (χ4v) is 4.52. The molecule has 0 radical (unpaired) electrons. The van der Waals surface area contributed by atoms with Gasteiger partial charge in [-0.15, -0.1) is 0 Å². The van der Waals surface area contributed by atoms with Crippen LogP contribution in [0.3, 0.4) is 0 Å². The second-order valence-electron chi connectivity index (χ2n) is 8.08. The van der Waals surface area contributed by atoms with E-state index in [0.717, 1.165) is 11.1 Å². The zero-order chi connectivity index (χ0) is 22.0. The Hall–Kier alpha value is -2.74.